The Morgan fingerprint density at radius 1 is 1.30 bits per heavy atom. The van der Waals surface area contributed by atoms with E-state index in [-0.39, 0.29) is 0 Å². The van der Waals surface area contributed by atoms with Crippen molar-refractivity contribution in [1.82, 2.24) is 5.32 Å². The minimum absolute atomic E-state index is 0.397. The van der Waals surface area contributed by atoms with Gasteiger partial charge in [-0.05, 0) is 31.5 Å². The average Bonchev–Trinajstić information content (AvgIpc) is 1.78. The molecule has 10 heavy (non-hydrogen) atoms. The van der Waals surface area contributed by atoms with Crippen LogP contribution in [0, 0.1) is 5.41 Å². The standard InChI is InChI=1S/C8H20N2/c1-8(2,3)7-10-6-4-5-9/h10H,4-7,9H2,1-3H3. The van der Waals surface area contributed by atoms with Gasteiger partial charge in [0.15, 0.2) is 0 Å². The Hall–Kier alpha value is -0.0800. The Bertz CT molecular complexity index is 73.8. The van der Waals surface area contributed by atoms with E-state index in [0.717, 1.165) is 26.1 Å². The van der Waals surface area contributed by atoms with Gasteiger partial charge in [0, 0.05) is 0 Å². The van der Waals surface area contributed by atoms with Crippen molar-refractivity contribution in [1.29, 1.82) is 0 Å². The van der Waals surface area contributed by atoms with E-state index in [0.29, 0.717) is 5.41 Å². The second-order valence-corrected chi connectivity index (χ2v) is 3.88. The predicted octanol–water partition coefficient (Wildman–Crippen LogP) is 0.971. The van der Waals surface area contributed by atoms with E-state index in [9.17, 15) is 0 Å². The van der Waals surface area contributed by atoms with Crippen LogP contribution in [0.1, 0.15) is 27.2 Å². The Kier molecular flexibility index (Phi) is 4.65. The first-order valence-corrected chi connectivity index (χ1v) is 3.97. The zero-order chi connectivity index (χ0) is 8.04. The van der Waals surface area contributed by atoms with Gasteiger partial charge in [-0.15, -0.1) is 0 Å². The van der Waals surface area contributed by atoms with Crippen LogP contribution in [0.5, 0.6) is 0 Å². The van der Waals surface area contributed by atoms with Crippen molar-refractivity contribution in [3.05, 3.63) is 0 Å². The van der Waals surface area contributed by atoms with Gasteiger partial charge in [-0.2, -0.15) is 0 Å². The third-order valence-electron chi connectivity index (χ3n) is 1.21. The topological polar surface area (TPSA) is 38.0 Å². The van der Waals surface area contributed by atoms with Gasteiger partial charge in [0.25, 0.3) is 0 Å². The van der Waals surface area contributed by atoms with Gasteiger partial charge in [-0.3, -0.25) is 0 Å². The van der Waals surface area contributed by atoms with Crippen molar-refractivity contribution < 1.29 is 0 Å². The summed E-state index contributed by atoms with van der Waals surface area (Å²) in [5, 5.41) is 3.35. The highest BCUT2D eigenvalue weighted by Crippen LogP contribution is 2.09. The SMILES string of the molecule is CC(C)(C)CNCCCN. The highest BCUT2D eigenvalue weighted by atomic mass is 14.9. The van der Waals surface area contributed by atoms with E-state index in [2.05, 4.69) is 26.1 Å². The lowest BCUT2D eigenvalue weighted by Crippen LogP contribution is -2.28. The molecule has 2 nitrogen and oxygen atoms in total. The van der Waals surface area contributed by atoms with Crippen LogP contribution in [-0.4, -0.2) is 19.6 Å². The zero-order valence-corrected chi connectivity index (χ0v) is 7.41. The van der Waals surface area contributed by atoms with E-state index in [1.807, 2.05) is 0 Å². The van der Waals surface area contributed by atoms with Gasteiger partial charge in [0.1, 0.15) is 0 Å². The van der Waals surface area contributed by atoms with E-state index >= 15 is 0 Å². The quantitative estimate of drug-likeness (QED) is 0.577. The monoisotopic (exact) mass is 144 g/mol. The normalized spacial score (nSPS) is 12.0. The van der Waals surface area contributed by atoms with Crippen molar-refractivity contribution in [2.24, 2.45) is 11.1 Å². The first-order chi connectivity index (χ1) is 4.56. The van der Waals surface area contributed by atoms with Crippen molar-refractivity contribution >= 4 is 0 Å². The molecule has 3 N–H and O–H groups in total. The Morgan fingerprint density at radius 3 is 2.30 bits per heavy atom. The van der Waals surface area contributed by atoms with Crippen LogP contribution < -0.4 is 11.1 Å². The predicted molar refractivity (Wildman–Crippen MR) is 46.0 cm³/mol. The molecule has 0 bridgehead atoms. The maximum Gasteiger partial charge on any atom is -0.0000116 e. The maximum atomic E-state index is 5.34. The fourth-order valence-corrected chi connectivity index (χ4v) is 0.690. The summed E-state index contributed by atoms with van der Waals surface area (Å²) in [5.41, 5.74) is 5.74. The van der Waals surface area contributed by atoms with E-state index in [4.69, 9.17) is 5.73 Å². The Balaban J connectivity index is 3.04. The lowest BCUT2D eigenvalue weighted by molar-refractivity contribution is 0.380. The highest BCUT2D eigenvalue weighted by Gasteiger charge is 2.07. The fourth-order valence-electron chi connectivity index (χ4n) is 0.690. The zero-order valence-electron chi connectivity index (χ0n) is 7.41. The van der Waals surface area contributed by atoms with Crippen molar-refractivity contribution in [3.8, 4) is 0 Å². The van der Waals surface area contributed by atoms with Gasteiger partial charge in [-0.25, -0.2) is 0 Å². The summed E-state index contributed by atoms with van der Waals surface area (Å²) in [6.45, 7) is 9.59. The molecule has 0 aliphatic rings. The number of hydrogen-bond donors (Lipinski definition) is 2. The van der Waals surface area contributed by atoms with Gasteiger partial charge < -0.3 is 11.1 Å². The molecule has 0 fully saturated rings. The molecule has 0 saturated carbocycles. The summed E-state index contributed by atoms with van der Waals surface area (Å²) in [7, 11) is 0. The summed E-state index contributed by atoms with van der Waals surface area (Å²) in [6, 6.07) is 0. The molecule has 0 spiro atoms. The van der Waals surface area contributed by atoms with Gasteiger partial charge >= 0.3 is 0 Å². The molecule has 0 saturated heterocycles. The number of rotatable bonds is 4. The first-order valence-electron chi connectivity index (χ1n) is 3.97. The highest BCUT2D eigenvalue weighted by molar-refractivity contribution is 4.64. The Labute approximate surface area is 64.2 Å². The van der Waals surface area contributed by atoms with Gasteiger partial charge in [0.2, 0.25) is 0 Å². The van der Waals surface area contributed by atoms with Crippen LogP contribution in [0.2, 0.25) is 0 Å². The third kappa shape index (κ3) is 7.92. The number of hydrogen-bond acceptors (Lipinski definition) is 2. The largest absolute Gasteiger partial charge is 0.330 e. The minimum Gasteiger partial charge on any atom is -0.330 e. The summed E-state index contributed by atoms with van der Waals surface area (Å²) < 4.78 is 0. The molecule has 0 amide bonds. The second-order valence-electron chi connectivity index (χ2n) is 3.88. The van der Waals surface area contributed by atoms with Crippen molar-refractivity contribution in [2.45, 2.75) is 27.2 Å². The van der Waals surface area contributed by atoms with Gasteiger partial charge in [-0.1, -0.05) is 20.8 Å². The van der Waals surface area contributed by atoms with E-state index < -0.39 is 0 Å². The molecular formula is C8H20N2. The van der Waals surface area contributed by atoms with E-state index in [1.165, 1.54) is 0 Å². The smallest absolute Gasteiger partial charge is 0.0000116 e. The molecule has 0 aromatic rings. The molecular weight excluding hydrogens is 124 g/mol. The van der Waals surface area contributed by atoms with Crippen LogP contribution in [-0.2, 0) is 0 Å². The summed E-state index contributed by atoms with van der Waals surface area (Å²) in [5.74, 6) is 0. The lowest BCUT2D eigenvalue weighted by atomic mass is 9.97. The van der Waals surface area contributed by atoms with Crippen LogP contribution in [0.15, 0.2) is 0 Å². The molecule has 0 radical (unpaired) electrons. The summed E-state index contributed by atoms with van der Waals surface area (Å²) in [4.78, 5) is 0. The molecule has 0 aromatic heterocycles. The number of nitrogens with one attached hydrogen (secondary N) is 1. The molecule has 0 aliphatic carbocycles. The van der Waals surface area contributed by atoms with Crippen LogP contribution in [0.3, 0.4) is 0 Å². The minimum atomic E-state index is 0.397. The van der Waals surface area contributed by atoms with Crippen LogP contribution >= 0.6 is 0 Å². The average molecular weight is 144 g/mol. The second kappa shape index (κ2) is 4.69. The Morgan fingerprint density at radius 2 is 1.90 bits per heavy atom. The fraction of sp³-hybridized carbons (Fsp3) is 1.00. The summed E-state index contributed by atoms with van der Waals surface area (Å²) >= 11 is 0. The van der Waals surface area contributed by atoms with Crippen molar-refractivity contribution in [3.63, 3.8) is 0 Å². The third-order valence-corrected chi connectivity index (χ3v) is 1.21. The maximum absolute atomic E-state index is 5.34. The molecule has 0 heterocycles. The molecule has 62 valence electrons. The van der Waals surface area contributed by atoms with Crippen molar-refractivity contribution in [2.75, 3.05) is 19.6 Å². The molecule has 0 rings (SSSR count). The molecule has 0 aliphatic heterocycles. The van der Waals surface area contributed by atoms with Gasteiger partial charge in [0.05, 0.1) is 0 Å². The van der Waals surface area contributed by atoms with E-state index in [1.54, 1.807) is 0 Å². The molecule has 0 unspecified atom stereocenters. The first kappa shape index (κ1) is 9.92. The summed E-state index contributed by atoms with van der Waals surface area (Å²) in [6.07, 6.45) is 1.08. The van der Waals surface area contributed by atoms with Crippen LogP contribution in [0.25, 0.3) is 0 Å². The van der Waals surface area contributed by atoms with Crippen LogP contribution in [0.4, 0.5) is 0 Å². The number of nitrogens with two attached hydrogens (primary N) is 1. The molecule has 0 atom stereocenters. The lowest BCUT2D eigenvalue weighted by Gasteiger charge is -2.18. The molecule has 0 aromatic carbocycles. The molecule has 2 heteroatoms.